The largest absolute Gasteiger partial charge is 0.381 e. The summed E-state index contributed by atoms with van der Waals surface area (Å²) in [5.74, 6) is 0.593. The molecule has 5 heteroatoms. The fraction of sp³-hybridized carbons (Fsp3) is 0.421. The van der Waals surface area contributed by atoms with E-state index in [1.54, 1.807) is 11.3 Å². The summed E-state index contributed by atoms with van der Waals surface area (Å²) in [7, 11) is 0. The maximum absolute atomic E-state index is 12.8. The molecule has 24 heavy (non-hydrogen) atoms. The van der Waals surface area contributed by atoms with Crippen LogP contribution in [0, 0.1) is 0 Å². The number of carbonyl (C=O) groups is 1. The maximum Gasteiger partial charge on any atom is 0.253 e. The standard InChI is InChI=1S/C19H22N2O2S/c22-19(16-4-1-3-15(13-16)17-6-11-23-14-17)21-9-7-20(8-10-21)18-5-2-12-24-18/h1-5,12-13,17H,6-11,14H2/t17-/m1/s1. The zero-order valence-electron chi connectivity index (χ0n) is 13.7. The van der Waals surface area contributed by atoms with E-state index in [4.69, 9.17) is 4.74 Å². The molecule has 126 valence electrons. The van der Waals surface area contributed by atoms with Crippen LogP contribution >= 0.6 is 11.3 Å². The number of rotatable bonds is 3. The third-order valence-electron chi connectivity index (χ3n) is 4.92. The molecule has 0 N–H and O–H groups in total. The molecule has 2 aliphatic heterocycles. The van der Waals surface area contributed by atoms with E-state index < -0.39 is 0 Å². The number of amides is 1. The molecule has 4 nitrogen and oxygen atoms in total. The molecule has 2 saturated heterocycles. The minimum atomic E-state index is 0.154. The van der Waals surface area contributed by atoms with Crippen molar-refractivity contribution in [2.24, 2.45) is 0 Å². The Morgan fingerprint density at radius 2 is 2.00 bits per heavy atom. The number of anilines is 1. The van der Waals surface area contributed by atoms with Crippen LogP contribution in [0.25, 0.3) is 0 Å². The van der Waals surface area contributed by atoms with E-state index in [1.165, 1.54) is 10.6 Å². The molecule has 2 aliphatic rings. The molecule has 2 fully saturated rings. The Hall–Kier alpha value is -1.85. The van der Waals surface area contributed by atoms with Crippen molar-refractivity contribution < 1.29 is 9.53 Å². The van der Waals surface area contributed by atoms with E-state index >= 15 is 0 Å². The van der Waals surface area contributed by atoms with Gasteiger partial charge in [0.2, 0.25) is 0 Å². The van der Waals surface area contributed by atoms with E-state index in [1.807, 2.05) is 17.0 Å². The van der Waals surface area contributed by atoms with Crippen molar-refractivity contribution in [3.63, 3.8) is 0 Å². The van der Waals surface area contributed by atoms with Gasteiger partial charge in [0.1, 0.15) is 0 Å². The first kappa shape index (κ1) is 15.7. The number of benzene rings is 1. The lowest BCUT2D eigenvalue weighted by atomic mass is 9.96. The Bertz CT molecular complexity index is 687. The van der Waals surface area contributed by atoms with Gasteiger partial charge in [0.05, 0.1) is 11.6 Å². The van der Waals surface area contributed by atoms with Crippen LogP contribution in [0.5, 0.6) is 0 Å². The van der Waals surface area contributed by atoms with Gasteiger partial charge in [0.25, 0.3) is 5.91 Å². The highest BCUT2D eigenvalue weighted by molar-refractivity contribution is 7.14. The van der Waals surface area contributed by atoms with E-state index in [0.717, 1.165) is 51.4 Å². The van der Waals surface area contributed by atoms with E-state index in [2.05, 4.69) is 34.5 Å². The Kier molecular flexibility index (Phi) is 4.54. The van der Waals surface area contributed by atoms with Gasteiger partial charge in [-0.2, -0.15) is 0 Å². The minimum absolute atomic E-state index is 0.154. The van der Waals surface area contributed by atoms with Crippen LogP contribution in [0.4, 0.5) is 5.00 Å². The topological polar surface area (TPSA) is 32.8 Å². The highest BCUT2D eigenvalue weighted by atomic mass is 32.1. The van der Waals surface area contributed by atoms with Gasteiger partial charge in [-0.1, -0.05) is 12.1 Å². The summed E-state index contributed by atoms with van der Waals surface area (Å²) in [5.41, 5.74) is 2.04. The number of hydrogen-bond donors (Lipinski definition) is 0. The second-order valence-electron chi connectivity index (χ2n) is 6.42. The van der Waals surface area contributed by atoms with Gasteiger partial charge in [-0.3, -0.25) is 4.79 Å². The zero-order valence-corrected chi connectivity index (χ0v) is 14.5. The molecule has 1 amide bonds. The average molecular weight is 342 g/mol. The lowest BCUT2D eigenvalue weighted by Gasteiger charge is -2.35. The molecular weight excluding hydrogens is 320 g/mol. The first-order valence-electron chi connectivity index (χ1n) is 8.57. The number of hydrogen-bond acceptors (Lipinski definition) is 4. The van der Waals surface area contributed by atoms with Crippen LogP contribution in [-0.2, 0) is 4.74 Å². The van der Waals surface area contributed by atoms with Gasteiger partial charge >= 0.3 is 0 Å². The molecule has 1 aromatic heterocycles. The van der Waals surface area contributed by atoms with Crippen LogP contribution in [0.15, 0.2) is 41.8 Å². The van der Waals surface area contributed by atoms with Gasteiger partial charge in [-0.05, 0) is 41.6 Å². The predicted octanol–water partition coefficient (Wildman–Crippen LogP) is 3.21. The molecule has 1 aromatic carbocycles. The highest BCUT2D eigenvalue weighted by Gasteiger charge is 2.24. The van der Waals surface area contributed by atoms with Crippen molar-refractivity contribution in [3.05, 3.63) is 52.9 Å². The lowest BCUT2D eigenvalue weighted by Crippen LogP contribution is -2.48. The zero-order chi connectivity index (χ0) is 16.4. The fourth-order valence-corrected chi connectivity index (χ4v) is 4.27. The molecule has 0 unspecified atom stereocenters. The summed E-state index contributed by atoms with van der Waals surface area (Å²) in [6.45, 7) is 4.98. The average Bonchev–Trinajstić information content (AvgIpc) is 3.35. The lowest BCUT2D eigenvalue weighted by molar-refractivity contribution is 0.0747. The maximum atomic E-state index is 12.8. The summed E-state index contributed by atoms with van der Waals surface area (Å²) in [6, 6.07) is 12.3. The Morgan fingerprint density at radius 3 is 2.71 bits per heavy atom. The highest BCUT2D eigenvalue weighted by Crippen LogP contribution is 2.26. The Balaban J connectivity index is 1.42. The van der Waals surface area contributed by atoms with Crippen LogP contribution in [0.3, 0.4) is 0 Å². The number of thiophene rings is 1. The van der Waals surface area contributed by atoms with Crippen molar-refractivity contribution in [1.82, 2.24) is 4.90 Å². The van der Waals surface area contributed by atoms with Gasteiger partial charge in [0.15, 0.2) is 0 Å². The van der Waals surface area contributed by atoms with Gasteiger partial charge in [-0.15, -0.1) is 11.3 Å². The minimum Gasteiger partial charge on any atom is -0.381 e. The third kappa shape index (κ3) is 3.19. The smallest absolute Gasteiger partial charge is 0.253 e. The molecule has 0 bridgehead atoms. The Morgan fingerprint density at radius 1 is 1.12 bits per heavy atom. The number of nitrogens with zero attached hydrogens (tertiary/aromatic N) is 2. The number of ether oxygens (including phenoxy) is 1. The molecule has 4 rings (SSSR count). The summed E-state index contributed by atoms with van der Waals surface area (Å²) >= 11 is 1.76. The first-order valence-corrected chi connectivity index (χ1v) is 9.44. The fourth-order valence-electron chi connectivity index (χ4n) is 3.49. The molecular formula is C19H22N2O2S. The molecule has 2 aromatic rings. The van der Waals surface area contributed by atoms with Crippen LogP contribution in [-0.4, -0.2) is 50.2 Å². The second kappa shape index (κ2) is 6.95. The normalized spacial score (nSPS) is 21.2. The van der Waals surface area contributed by atoms with E-state index in [0.29, 0.717) is 5.92 Å². The van der Waals surface area contributed by atoms with E-state index in [-0.39, 0.29) is 5.91 Å². The van der Waals surface area contributed by atoms with Crippen molar-refractivity contribution in [1.29, 1.82) is 0 Å². The number of carbonyl (C=O) groups excluding carboxylic acids is 1. The van der Waals surface area contributed by atoms with Gasteiger partial charge in [0, 0.05) is 44.3 Å². The molecule has 1 atom stereocenters. The second-order valence-corrected chi connectivity index (χ2v) is 7.34. The molecule has 3 heterocycles. The first-order chi connectivity index (χ1) is 11.8. The van der Waals surface area contributed by atoms with Gasteiger partial charge < -0.3 is 14.5 Å². The van der Waals surface area contributed by atoms with Crippen LogP contribution in [0.1, 0.15) is 28.3 Å². The van der Waals surface area contributed by atoms with Crippen molar-refractivity contribution in [2.45, 2.75) is 12.3 Å². The third-order valence-corrected chi connectivity index (χ3v) is 5.85. The molecule has 0 aliphatic carbocycles. The monoisotopic (exact) mass is 342 g/mol. The van der Waals surface area contributed by atoms with Crippen LogP contribution < -0.4 is 4.90 Å². The SMILES string of the molecule is O=C(c1cccc([C@@H]2CCOC2)c1)N1CCN(c2cccs2)CC1. The van der Waals surface area contributed by atoms with E-state index in [9.17, 15) is 4.79 Å². The quantitative estimate of drug-likeness (QED) is 0.859. The summed E-state index contributed by atoms with van der Waals surface area (Å²) in [6.07, 6.45) is 1.05. The van der Waals surface area contributed by atoms with Crippen molar-refractivity contribution in [3.8, 4) is 0 Å². The summed E-state index contributed by atoms with van der Waals surface area (Å²) in [5, 5.41) is 3.40. The molecule has 0 spiro atoms. The Labute approximate surface area is 146 Å². The van der Waals surface area contributed by atoms with Gasteiger partial charge in [-0.25, -0.2) is 0 Å². The summed E-state index contributed by atoms with van der Waals surface area (Å²) < 4.78 is 5.48. The predicted molar refractivity (Wildman–Crippen MR) is 97.1 cm³/mol. The van der Waals surface area contributed by atoms with Crippen molar-refractivity contribution in [2.75, 3.05) is 44.3 Å². The summed E-state index contributed by atoms with van der Waals surface area (Å²) in [4.78, 5) is 17.2. The van der Waals surface area contributed by atoms with Crippen LogP contribution in [0.2, 0.25) is 0 Å². The number of piperazine rings is 1. The molecule has 0 radical (unpaired) electrons. The molecule has 0 saturated carbocycles. The van der Waals surface area contributed by atoms with Crippen molar-refractivity contribution >= 4 is 22.2 Å².